The van der Waals surface area contributed by atoms with Crippen molar-refractivity contribution in [2.75, 3.05) is 19.8 Å². The van der Waals surface area contributed by atoms with Gasteiger partial charge in [-0.3, -0.25) is 4.79 Å². The summed E-state index contributed by atoms with van der Waals surface area (Å²) in [6.07, 6.45) is 0.426. The van der Waals surface area contributed by atoms with E-state index in [4.69, 9.17) is 15.6 Å². The molecule has 1 rings (SSSR count). The maximum atomic E-state index is 13.4. The van der Waals surface area contributed by atoms with Crippen LogP contribution in [0.3, 0.4) is 0 Å². The maximum Gasteiger partial charge on any atom is 0.317 e. The van der Waals surface area contributed by atoms with Crippen molar-refractivity contribution in [2.45, 2.75) is 25.2 Å². The maximum absolute atomic E-state index is 13.4. The van der Waals surface area contributed by atoms with Gasteiger partial charge in [0, 0.05) is 19.2 Å². The first-order chi connectivity index (χ1) is 9.50. The molecule has 1 atom stereocenters. The second-order valence-corrected chi connectivity index (χ2v) is 4.49. The highest BCUT2D eigenvalue weighted by Crippen LogP contribution is 2.31. The van der Waals surface area contributed by atoms with E-state index >= 15 is 0 Å². The molecule has 1 aromatic rings. The summed E-state index contributed by atoms with van der Waals surface area (Å²) in [6.45, 7) is 1.46. The molecule has 0 saturated heterocycles. The molecule has 0 heterocycles. The van der Waals surface area contributed by atoms with E-state index in [-0.39, 0.29) is 38.2 Å². The summed E-state index contributed by atoms with van der Waals surface area (Å²) in [5, 5.41) is 8.95. The molecule has 3 N–H and O–H groups in total. The Bertz CT molecular complexity index is 447. The number of nitrogens with two attached hydrogens (primary N) is 1. The highest BCUT2D eigenvalue weighted by atomic mass is 19.1. The van der Waals surface area contributed by atoms with Gasteiger partial charge in [-0.1, -0.05) is 0 Å². The average molecular weight is 287 g/mol. The largest absolute Gasteiger partial charge is 0.465 e. The summed E-state index contributed by atoms with van der Waals surface area (Å²) in [5.41, 5.74) is 4.47. The van der Waals surface area contributed by atoms with E-state index in [1.165, 1.54) is 0 Å². The van der Waals surface area contributed by atoms with Gasteiger partial charge in [0.1, 0.15) is 17.0 Å². The number of carbonyl (C=O) groups excluding carboxylic acids is 1. The molecule has 0 spiro atoms. The Morgan fingerprint density at radius 3 is 2.40 bits per heavy atom. The monoisotopic (exact) mass is 287 g/mol. The van der Waals surface area contributed by atoms with Crippen molar-refractivity contribution in [1.29, 1.82) is 0 Å². The standard InChI is InChI=1S/C14H19F2NO3/c1-2-20-13(19)14(9-17,4-3-5-18)10-6-11(15)8-12(16)7-10/h6-8,18H,2-5,9,17H2,1H3. The highest BCUT2D eigenvalue weighted by molar-refractivity contribution is 5.83. The van der Waals surface area contributed by atoms with Crippen LogP contribution in [0.1, 0.15) is 25.3 Å². The number of halogens is 2. The lowest BCUT2D eigenvalue weighted by Crippen LogP contribution is -2.44. The van der Waals surface area contributed by atoms with Gasteiger partial charge in [-0.25, -0.2) is 8.78 Å². The lowest BCUT2D eigenvalue weighted by atomic mass is 9.76. The van der Waals surface area contributed by atoms with Crippen LogP contribution in [0.2, 0.25) is 0 Å². The van der Waals surface area contributed by atoms with Gasteiger partial charge in [-0.05, 0) is 37.5 Å². The Balaban J connectivity index is 3.29. The van der Waals surface area contributed by atoms with Crippen molar-refractivity contribution in [3.8, 4) is 0 Å². The predicted octanol–water partition coefficient (Wildman–Crippen LogP) is 1.50. The lowest BCUT2D eigenvalue weighted by Gasteiger charge is -2.30. The van der Waals surface area contributed by atoms with Crippen LogP contribution in [0.15, 0.2) is 18.2 Å². The molecule has 0 saturated carbocycles. The topological polar surface area (TPSA) is 72.5 Å². The van der Waals surface area contributed by atoms with Crippen LogP contribution in [0.4, 0.5) is 8.78 Å². The lowest BCUT2D eigenvalue weighted by molar-refractivity contribution is -0.150. The second-order valence-electron chi connectivity index (χ2n) is 4.49. The van der Waals surface area contributed by atoms with Crippen LogP contribution in [0.5, 0.6) is 0 Å². The first-order valence-electron chi connectivity index (χ1n) is 6.45. The number of hydrogen-bond acceptors (Lipinski definition) is 4. The smallest absolute Gasteiger partial charge is 0.317 e. The third-order valence-corrected chi connectivity index (χ3v) is 3.19. The van der Waals surface area contributed by atoms with Gasteiger partial charge in [0.2, 0.25) is 0 Å². The quantitative estimate of drug-likeness (QED) is 0.745. The number of esters is 1. The Hall–Kier alpha value is -1.53. The molecular weight excluding hydrogens is 268 g/mol. The zero-order valence-electron chi connectivity index (χ0n) is 11.4. The van der Waals surface area contributed by atoms with Gasteiger partial charge in [-0.2, -0.15) is 0 Å². The number of aliphatic hydroxyl groups excluding tert-OH is 1. The molecule has 0 aliphatic rings. The molecular formula is C14H19F2NO3. The minimum Gasteiger partial charge on any atom is -0.465 e. The summed E-state index contributed by atoms with van der Waals surface area (Å²) in [5.74, 6) is -2.21. The van der Waals surface area contributed by atoms with E-state index in [0.717, 1.165) is 18.2 Å². The van der Waals surface area contributed by atoms with E-state index in [2.05, 4.69) is 0 Å². The molecule has 1 aromatic carbocycles. The molecule has 1 unspecified atom stereocenters. The molecule has 0 aliphatic carbocycles. The van der Waals surface area contributed by atoms with Crippen LogP contribution in [-0.2, 0) is 14.9 Å². The normalized spacial score (nSPS) is 13.8. The molecule has 0 aromatic heterocycles. The third-order valence-electron chi connectivity index (χ3n) is 3.19. The van der Waals surface area contributed by atoms with Crippen molar-refractivity contribution >= 4 is 5.97 Å². The van der Waals surface area contributed by atoms with Crippen LogP contribution in [-0.4, -0.2) is 30.8 Å². The van der Waals surface area contributed by atoms with Crippen molar-refractivity contribution < 1.29 is 23.4 Å². The first-order valence-corrected chi connectivity index (χ1v) is 6.45. The Morgan fingerprint density at radius 2 is 1.95 bits per heavy atom. The SMILES string of the molecule is CCOC(=O)C(CN)(CCCO)c1cc(F)cc(F)c1. The zero-order valence-corrected chi connectivity index (χ0v) is 11.4. The highest BCUT2D eigenvalue weighted by Gasteiger charge is 2.40. The number of rotatable bonds is 7. The van der Waals surface area contributed by atoms with Crippen molar-refractivity contribution in [2.24, 2.45) is 5.73 Å². The van der Waals surface area contributed by atoms with Crippen LogP contribution in [0.25, 0.3) is 0 Å². The molecule has 0 fully saturated rings. The minimum absolute atomic E-state index is 0.129. The summed E-state index contributed by atoms with van der Waals surface area (Å²) in [4.78, 5) is 12.2. The average Bonchev–Trinajstić information content (AvgIpc) is 2.39. The second kappa shape index (κ2) is 7.31. The number of benzene rings is 1. The van der Waals surface area contributed by atoms with Crippen LogP contribution < -0.4 is 5.73 Å². The number of carbonyl (C=O) groups is 1. The summed E-state index contributed by atoms with van der Waals surface area (Å²) < 4.78 is 31.8. The summed E-state index contributed by atoms with van der Waals surface area (Å²) in [7, 11) is 0. The fourth-order valence-corrected chi connectivity index (χ4v) is 2.15. The summed E-state index contributed by atoms with van der Waals surface area (Å²) >= 11 is 0. The Kier molecular flexibility index (Phi) is 6.04. The van der Waals surface area contributed by atoms with E-state index in [9.17, 15) is 13.6 Å². The summed E-state index contributed by atoms with van der Waals surface area (Å²) in [6, 6.07) is 2.87. The third kappa shape index (κ3) is 3.52. The van der Waals surface area contributed by atoms with Gasteiger partial charge in [-0.15, -0.1) is 0 Å². The molecule has 20 heavy (non-hydrogen) atoms. The fourth-order valence-electron chi connectivity index (χ4n) is 2.15. The van der Waals surface area contributed by atoms with E-state index in [0.29, 0.717) is 0 Å². The van der Waals surface area contributed by atoms with Gasteiger partial charge in [0.05, 0.1) is 6.61 Å². The van der Waals surface area contributed by atoms with E-state index in [1.807, 2.05) is 0 Å². The molecule has 4 nitrogen and oxygen atoms in total. The first kappa shape index (κ1) is 16.5. The van der Waals surface area contributed by atoms with E-state index < -0.39 is 23.0 Å². The van der Waals surface area contributed by atoms with Gasteiger partial charge >= 0.3 is 5.97 Å². The van der Waals surface area contributed by atoms with Gasteiger partial charge in [0.25, 0.3) is 0 Å². The van der Waals surface area contributed by atoms with Gasteiger partial charge in [0.15, 0.2) is 0 Å². The molecule has 6 heteroatoms. The Labute approximate surface area is 116 Å². The molecule has 0 amide bonds. The molecule has 0 aliphatic heterocycles. The van der Waals surface area contributed by atoms with Crippen LogP contribution in [0, 0.1) is 11.6 Å². The van der Waals surface area contributed by atoms with E-state index in [1.54, 1.807) is 6.92 Å². The minimum atomic E-state index is -1.35. The predicted molar refractivity (Wildman–Crippen MR) is 70.0 cm³/mol. The van der Waals surface area contributed by atoms with Crippen molar-refractivity contribution in [1.82, 2.24) is 0 Å². The van der Waals surface area contributed by atoms with Crippen molar-refractivity contribution in [3.63, 3.8) is 0 Å². The molecule has 0 bridgehead atoms. The van der Waals surface area contributed by atoms with Crippen molar-refractivity contribution in [3.05, 3.63) is 35.4 Å². The molecule has 112 valence electrons. The fraction of sp³-hybridized carbons (Fsp3) is 0.500. The number of hydrogen-bond donors (Lipinski definition) is 2. The zero-order chi connectivity index (χ0) is 15.2. The van der Waals surface area contributed by atoms with Crippen LogP contribution >= 0.6 is 0 Å². The number of aliphatic hydroxyl groups is 1. The van der Waals surface area contributed by atoms with Gasteiger partial charge < -0.3 is 15.6 Å². The number of ether oxygens (including phenoxy) is 1. The Morgan fingerprint density at radius 1 is 1.35 bits per heavy atom. The molecule has 0 radical (unpaired) electrons.